The van der Waals surface area contributed by atoms with E-state index in [9.17, 15) is 5.26 Å². The van der Waals surface area contributed by atoms with Crippen LogP contribution < -0.4 is 4.90 Å². The van der Waals surface area contributed by atoms with Gasteiger partial charge in [0.2, 0.25) is 0 Å². The number of ether oxygens (including phenoxy) is 1. The van der Waals surface area contributed by atoms with Crippen LogP contribution in [0.2, 0.25) is 0 Å². The smallest absolute Gasteiger partial charge is 0.101 e. The number of rotatable bonds is 3. The third kappa shape index (κ3) is 3.42. The molecule has 1 fully saturated rings. The molecule has 134 valence electrons. The molecule has 27 heavy (non-hydrogen) atoms. The quantitative estimate of drug-likeness (QED) is 0.697. The maximum absolute atomic E-state index is 9.79. The van der Waals surface area contributed by atoms with E-state index in [2.05, 4.69) is 53.2 Å². The summed E-state index contributed by atoms with van der Waals surface area (Å²) in [5.41, 5.74) is 7.08. The van der Waals surface area contributed by atoms with Crippen LogP contribution in [-0.2, 0) is 4.74 Å². The zero-order chi connectivity index (χ0) is 18.6. The van der Waals surface area contributed by atoms with Gasteiger partial charge in [0.05, 0.1) is 30.7 Å². The molecule has 4 nitrogen and oxygen atoms in total. The van der Waals surface area contributed by atoms with Crippen molar-refractivity contribution in [3.63, 3.8) is 0 Å². The second-order valence-corrected chi connectivity index (χ2v) is 6.71. The largest absolute Gasteiger partial charge is 0.378 e. The molecule has 0 amide bonds. The Morgan fingerprint density at radius 1 is 1.00 bits per heavy atom. The van der Waals surface area contributed by atoms with Crippen LogP contribution in [-0.4, -0.2) is 31.3 Å². The Hall–Kier alpha value is -3.16. The summed E-state index contributed by atoms with van der Waals surface area (Å²) in [6, 6.07) is 19.1. The second-order valence-electron chi connectivity index (χ2n) is 6.71. The van der Waals surface area contributed by atoms with Gasteiger partial charge in [-0.3, -0.25) is 4.98 Å². The summed E-state index contributed by atoms with van der Waals surface area (Å²) in [4.78, 5) is 6.60. The summed E-state index contributed by atoms with van der Waals surface area (Å²) in [6.45, 7) is 5.08. The Morgan fingerprint density at radius 3 is 2.52 bits per heavy atom. The molecule has 0 unspecified atom stereocenters. The first-order valence-corrected chi connectivity index (χ1v) is 9.15. The lowest BCUT2D eigenvalue weighted by molar-refractivity contribution is 0.122. The third-order valence-corrected chi connectivity index (χ3v) is 4.93. The van der Waals surface area contributed by atoms with Crippen molar-refractivity contribution in [1.29, 1.82) is 5.26 Å². The van der Waals surface area contributed by atoms with Crippen molar-refractivity contribution in [3.05, 3.63) is 72.1 Å². The summed E-state index contributed by atoms with van der Waals surface area (Å²) in [6.07, 6.45) is 3.53. The Bertz CT molecular complexity index is 986. The van der Waals surface area contributed by atoms with Gasteiger partial charge in [-0.05, 0) is 23.6 Å². The first-order chi connectivity index (χ1) is 13.3. The van der Waals surface area contributed by atoms with Gasteiger partial charge in [-0.1, -0.05) is 54.1 Å². The maximum atomic E-state index is 9.79. The highest BCUT2D eigenvalue weighted by Crippen LogP contribution is 2.40. The minimum atomic E-state index is 0.597. The van der Waals surface area contributed by atoms with Crippen molar-refractivity contribution in [2.45, 2.75) is 6.92 Å². The van der Waals surface area contributed by atoms with Crippen LogP contribution >= 0.6 is 0 Å². The van der Waals surface area contributed by atoms with Crippen molar-refractivity contribution in [3.8, 4) is 28.3 Å². The van der Waals surface area contributed by atoms with E-state index < -0.39 is 0 Å². The number of benzene rings is 2. The molecule has 1 aliphatic rings. The molecule has 3 aromatic rings. The van der Waals surface area contributed by atoms with Gasteiger partial charge in [0.1, 0.15) is 6.07 Å². The molecule has 0 aliphatic carbocycles. The van der Waals surface area contributed by atoms with Gasteiger partial charge < -0.3 is 9.64 Å². The highest BCUT2D eigenvalue weighted by molar-refractivity contribution is 5.92. The predicted molar refractivity (Wildman–Crippen MR) is 108 cm³/mol. The minimum Gasteiger partial charge on any atom is -0.378 e. The summed E-state index contributed by atoms with van der Waals surface area (Å²) < 4.78 is 5.51. The molecule has 1 saturated heterocycles. The molecule has 0 N–H and O–H groups in total. The molecule has 1 aliphatic heterocycles. The topological polar surface area (TPSA) is 49.2 Å². The highest BCUT2D eigenvalue weighted by Gasteiger charge is 2.21. The lowest BCUT2D eigenvalue weighted by atomic mass is 9.90. The van der Waals surface area contributed by atoms with Gasteiger partial charge in [0.15, 0.2) is 0 Å². The Kier molecular flexibility index (Phi) is 4.86. The summed E-state index contributed by atoms with van der Waals surface area (Å²) in [7, 11) is 0. The number of aryl methyl sites for hydroxylation is 1. The number of pyridine rings is 1. The van der Waals surface area contributed by atoms with Crippen LogP contribution in [0.4, 0.5) is 5.69 Å². The van der Waals surface area contributed by atoms with Crippen LogP contribution in [0.15, 0.2) is 60.9 Å². The Morgan fingerprint density at radius 2 is 1.78 bits per heavy atom. The number of nitrogens with zero attached hydrogens (tertiary/aromatic N) is 3. The van der Waals surface area contributed by atoms with Crippen LogP contribution in [0.3, 0.4) is 0 Å². The van der Waals surface area contributed by atoms with Crippen LogP contribution in [0.1, 0.15) is 11.1 Å². The molecule has 4 rings (SSSR count). The maximum Gasteiger partial charge on any atom is 0.101 e. The van der Waals surface area contributed by atoms with Crippen LogP contribution in [0.25, 0.3) is 22.3 Å². The molecule has 2 aromatic carbocycles. The van der Waals surface area contributed by atoms with Crippen molar-refractivity contribution in [1.82, 2.24) is 4.98 Å². The number of hydrogen-bond acceptors (Lipinski definition) is 4. The molecular formula is C23H21N3O. The Balaban J connectivity index is 1.95. The summed E-state index contributed by atoms with van der Waals surface area (Å²) >= 11 is 0. The van der Waals surface area contributed by atoms with Crippen molar-refractivity contribution < 1.29 is 4.74 Å². The third-order valence-electron chi connectivity index (χ3n) is 4.93. The molecule has 0 atom stereocenters. The van der Waals surface area contributed by atoms with Gasteiger partial charge in [-0.25, -0.2) is 0 Å². The van der Waals surface area contributed by atoms with E-state index in [-0.39, 0.29) is 0 Å². The van der Waals surface area contributed by atoms with E-state index in [1.165, 1.54) is 5.56 Å². The molecule has 1 aromatic heterocycles. The van der Waals surface area contributed by atoms with E-state index in [1.807, 2.05) is 24.4 Å². The van der Waals surface area contributed by atoms with Crippen LogP contribution in [0, 0.1) is 18.3 Å². The molecule has 2 heterocycles. The minimum absolute atomic E-state index is 0.597. The first kappa shape index (κ1) is 17.3. The predicted octanol–water partition coefficient (Wildman–Crippen LogP) is 4.43. The molecule has 4 heteroatoms. The zero-order valence-electron chi connectivity index (χ0n) is 15.4. The standard InChI is InChI=1S/C23H21N3O/c1-17-7-8-20(21(13-17)18-5-3-2-4-6-18)23-19(14-24)15-25-16-22(23)26-9-11-27-12-10-26/h2-8,13,15-16H,9-12H2,1H3. The fourth-order valence-corrected chi connectivity index (χ4v) is 3.59. The molecule has 0 radical (unpaired) electrons. The van der Waals surface area contributed by atoms with Crippen molar-refractivity contribution in [2.75, 3.05) is 31.2 Å². The second kappa shape index (κ2) is 7.61. The molecule has 0 saturated carbocycles. The number of nitriles is 1. The highest BCUT2D eigenvalue weighted by atomic mass is 16.5. The normalized spacial score (nSPS) is 14.0. The zero-order valence-corrected chi connectivity index (χ0v) is 15.4. The lowest BCUT2D eigenvalue weighted by Gasteiger charge is -2.31. The molecule has 0 spiro atoms. The van der Waals surface area contributed by atoms with E-state index in [0.29, 0.717) is 18.8 Å². The summed E-state index contributed by atoms with van der Waals surface area (Å²) in [5, 5.41) is 9.79. The molecular weight excluding hydrogens is 334 g/mol. The monoisotopic (exact) mass is 355 g/mol. The number of anilines is 1. The van der Waals surface area contributed by atoms with E-state index in [1.54, 1.807) is 6.20 Å². The van der Waals surface area contributed by atoms with E-state index >= 15 is 0 Å². The van der Waals surface area contributed by atoms with E-state index in [0.717, 1.165) is 41.0 Å². The average Bonchev–Trinajstić information content (AvgIpc) is 2.74. The lowest BCUT2D eigenvalue weighted by Crippen LogP contribution is -2.36. The Labute approximate surface area is 159 Å². The number of hydrogen-bond donors (Lipinski definition) is 0. The van der Waals surface area contributed by atoms with Crippen molar-refractivity contribution >= 4 is 5.69 Å². The van der Waals surface area contributed by atoms with Gasteiger partial charge in [-0.15, -0.1) is 0 Å². The fourth-order valence-electron chi connectivity index (χ4n) is 3.59. The molecule has 0 bridgehead atoms. The van der Waals surface area contributed by atoms with Gasteiger partial charge >= 0.3 is 0 Å². The summed E-state index contributed by atoms with van der Waals surface area (Å²) in [5.74, 6) is 0. The first-order valence-electron chi connectivity index (χ1n) is 9.15. The number of aromatic nitrogens is 1. The van der Waals surface area contributed by atoms with Crippen molar-refractivity contribution in [2.24, 2.45) is 0 Å². The van der Waals surface area contributed by atoms with Gasteiger partial charge in [-0.2, -0.15) is 5.26 Å². The van der Waals surface area contributed by atoms with Crippen LogP contribution in [0.5, 0.6) is 0 Å². The average molecular weight is 355 g/mol. The number of morpholine rings is 1. The van der Waals surface area contributed by atoms with Gasteiger partial charge in [0.25, 0.3) is 0 Å². The van der Waals surface area contributed by atoms with E-state index in [4.69, 9.17) is 4.74 Å². The fraction of sp³-hybridized carbons (Fsp3) is 0.217. The SMILES string of the molecule is Cc1ccc(-c2c(C#N)cncc2N2CCOCC2)c(-c2ccccc2)c1. The van der Waals surface area contributed by atoms with Gasteiger partial charge in [0, 0.05) is 24.8 Å².